The average Bonchev–Trinajstić information content (AvgIpc) is 2.41. The molecule has 0 bridgehead atoms. The van der Waals surface area contributed by atoms with Gasteiger partial charge in [0.15, 0.2) is 11.6 Å². The molecule has 0 aliphatic carbocycles. The Morgan fingerprint density at radius 2 is 1.81 bits per heavy atom. The molecule has 0 heterocycles. The first-order chi connectivity index (χ1) is 9.95. The highest BCUT2D eigenvalue weighted by atomic mass is 35.5. The maximum absolute atomic E-state index is 13.1. The zero-order valence-electron chi connectivity index (χ0n) is 11.6. The van der Waals surface area contributed by atoms with E-state index in [1.54, 1.807) is 12.1 Å². The van der Waals surface area contributed by atoms with Crippen LogP contribution in [-0.4, -0.2) is 6.04 Å². The van der Waals surface area contributed by atoms with Crippen LogP contribution in [0.25, 0.3) is 0 Å². The highest BCUT2D eigenvalue weighted by molar-refractivity contribution is 6.32. The summed E-state index contributed by atoms with van der Waals surface area (Å²) in [7, 11) is 0. The number of hydrogen-bond acceptors (Lipinski definition) is 2. The minimum absolute atomic E-state index is 0.0509. The van der Waals surface area contributed by atoms with Crippen LogP contribution >= 0.6 is 11.6 Å². The molecule has 0 spiro atoms. The van der Waals surface area contributed by atoms with Crippen LogP contribution in [-0.2, 0) is 13.0 Å². The van der Waals surface area contributed by atoms with Crippen molar-refractivity contribution in [2.45, 2.75) is 26.0 Å². The summed E-state index contributed by atoms with van der Waals surface area (Å²) in [6, 6.07) is 9.13. The van der Waals surface area contributed by atoms with E-state index in [1.807, 2.05) is 13.0 Å². The first kappa shape index (κ1) is 15.7. The predicted octanol–water partition coefficient (Wildman–Crippen LogP) is 4.09. The molecule has 5 heteroatoms. The lowest BCUT2D eigenvalue weighted by molar-refractivity contribution is 0.305. The summed E-state index contributed by atoms with van der Waals surface area (Å²) in [5.41, 5.74) is 7.29. The van der Waals surface area contributed by atoms with Gasteiger partial charge in [0.1, 0.15) is 12.4 Å². The lowest BCUT2D eigenvalue weighted by Crippen LogP contribution is -2.17. The number of rotatable bonds is 5. The Balaban J connectivity index is 2.04. The van der Waals surface area contributed by atoms with Crippen LogP contribution in [0, 0.1) is 11.6 Å². The third kappa shape index (κ3) is 4.41. The Morgan fingerprint density at radius 1 is 1.10 bits per heavy atom. The highest BCUT2D eigenvalue weighted by Gasteiger charge is 2.07. The largest absolute Gasteiger partial charge is 0.487 e. The minimum Gasteiger partial charge on any atom is -0.487 e. The van der Waals surface area contributed by atoms with Crippen LogP contribution in [0.15, 0.2) is 36.4 Å². The summed E-state index contributed by atoms with van der Waals surface area (Å²) in [6.07, 6.45) is 0.725. The second-order valence-corrected chi connectivity index (χ2v) is 5.39. The Morgan fingerprint density at radius 3 is 2.43 bits per heavy atom. The van der Waals surface area contributed by atoms with Crippen LogP contribution < -0.4 is 10.5 Å². The van der Waals surface area contributed by atoms with E-state index < -0.39 is 11.6 Å². The van der Waals surface area contributed by atoms with E-state index in [0.29, 0.717) is 16.3 Å². The number of benzene rings is 2. The summed E-state index contributed by atoms with van der Waals surface area (Å²) in [6.45, 7) is 2.03. The summed E-state index contributed by atoms with van der Waals surface area (Å²) < 4.78 is 31.4. The molecule has 0 fully saturated rings. The third-order valence-electron chi connectivity index (χ3n) is 2.93. The molecule has 2 rings (SSSR count). The van der Waals surface area contributed by atoms with E-state index in [2.05, 4.69) is 0 Å². The molecular formula is C16H16ClF2NO. The van der Waals surface area contributed by atoms with Crippen molar-refractivity contribution in [3.8, 4) is 5.75 Å². The van der Waals surface area contributed by atoms with Crippen LogP contribution in [0.4, 0.5) is 8.78 Å². The smallest absolute Gasteiger partial charge is 0.159 e. The number of halogens is 3. The second kappa shape index (κ2) is 6.87. The predicted molar refractivity (Wildman–Crippen MR) is 79.5 cm³/mol. The first-order valence-electron chi connectivity index (χ1n) is 6.56. The van der Waals surface area contributed by atoms with E-state index in [1.165, 1.54) is 6.07 Å². The van der Waals surface area contributed by atoms with Gasteiger partial charge >= 0.3 is 0 Å². The summed E-state index contributed by atoms with van der Waals surface area (Å²) >= 11 is 6.14. The molecule has 1 unspecified atom stereocenters. The highest BCUT2D eigenvalue weighted by Crippen LogP contribution is 2.27. The fourth-order valence-electron chi connectivity index (χ4n) is 1.95. The average molecular weight is 312 g/mol. The lowest BCUT2D eigenvalue weighted by atomic mass is 10.1. The Kier molecular flexibility index (Phi) is 5.15. The third-order valence-corrected chi connectivity index (χ3v) is 3.23. The van der Waals surface area contributed by atoms with Crippen molar-refractivity contribution < 1.29 is 13.5 Å². The van der Waals surface area contributed by atoms with Gasteiger partial charge in [-0.05, 0) is 48.7 Å². The molecule has 112 valence electrons. The normalized spacial score (nSPS) is 12.2. The van der Waals surface area contributed by atoms with Crippen molar-refractivity contribution in [2.75, 3.05) is 0 Å². The zero-order valence-corrected chi connectivity index (χ0v) is 12.3. The van der Waals surface area contributed by atoms with Gasteiger partial charge in [-0.2, -0.15) is 0 Å². The van der Waals surface area contributed by atoms with Gasteiger partial charge in [0, 0.05) is 6.04 Å². The molecule has 2 aromatic rings. The molecule has 0 aliphatic heterocycles. The van der Waals surface area contributed by atoms with Crippen LogP contribution in [0.2, 0.25) is 5.02 Å². The minimum atomic E-state index is -0.894. The van der Waals surface area contributed by atoms with E-state index in [9.17, 15) is 8.78 Å². The Labute approximate surface area is 127 Å². The van der Waals surface area contributed by atoms with E-state index >= 15 is 0 Å². The van der Waals surface area contributed by atoms with Gasteiger partial charge in [-0.15, -0.1) is 0 Å². The van der Waals surface area contributed by atoms with Crippen LogP contribution in [0.3, 0.4) is 0 Å². The molecule has 2 aromatic carbocycles. The van der Waals surface area contributed by atoms with Gasteiger partial charge in [0.25, 0.3) is 0 Å². The quantitative estimate of drug-likeness (QED) is 0.902. The van der Waals surface area contributed by atoms with Crippen molar-refractivity contribution >= 4 is 11.6 Å². The first-order valence-corrected chi connectivity index (χ1v) is 6.94. The zero-order chi connectivity index (χ0) is 15.4. The van der Waals surface area contributed by atoms with E-state index in [0.717, 1.165) is 24.1 Å². The molecule has 0 radical (unpaired) electrons. The van der Waals surface area contributed by atoms with Crippen molar-refractivity contribution in [1.29, 1.82) is 0 Å². The topological polar surface area (TPSA) is 35.2 Å². The van der Waals surface area contributed by atoms with Gasteiger partial charge in [0.2, 0.25) is 0 Å². The molecule has 0 aromatic heterocycles. The van der Waals surface area contributed by atoms with E-state index in [-0.39, 0.29) is 12.6 Å². The van der Waals surface area contributed by atoms with Gasteiger partial charge in [0.05, 0.1) is 5.02 Å². The van der Waals surface area contributed by atoms with Gasteiger partial charge in [-0.25, -0.2) is 8.78 Å². The SMILES string of the molecule is CC(N)Cc1ccc(OCc2ccc(F)c(F)c2)c(Cl)c1. The Hall–Kier alpha value is -1.65. The van der Waals surface area contributed by atoms with Crippen molar-refractivity contribution in [3.63, 3.8) is 0 Å². The molecule has 1 atom stereocenters. The maximum Gasteiger partial charge on any atom is 0.159 e. The molecule has 0 saturated carbocycles. The molecule has 2 N–H and O–H groups in total. The number of hydrogen-bond donors (Lipinski definition) is 1. The van der Waals surface area contributed by atoms with Gasteiger partial charge in [-0.1, -0.05) is 23.7 Å². The van der Waals surface area contributed by atoms with Crippen LogP contribution in [0.1, 0.15) is 18.1 Å². The van der Waals surface area contributed by atoms with Crippen molar-refractivity contribution in [1.82, 2.24) is 0 Å². The van der Waals surface area contributed by atoms with E-state index in [4.69, 9.17) is 22.1 Å². The second-order valence-electron chi connectivity index (χ2n) is 4.98. The number of nitrogens with two attached hydrogens (primary N) is 1. The molecule has 0 saturated heterocycles. The fraction of sp³-hybridized carbons (Fsp3) is 0.250. The Bertz CT molecular complexity index is 632. The molecule has 0 aliphatic rings. The van der Waals surface area contributed by atoms with Gasteiger partial charge in [-0.3, -0.25) is 0 Å². The summed E-state index contributed by atoms with van der Waals surface area (Å²) in [4.78, 5) is 0. The molecule has 2 nitrogen and oxygen atoms in total. The van der Waals surface area contributed by atoms with Crippen LogP contribution in [0.5, 0.6) is 5.75 Å². The van der Waals surface area contributed by atoms with Crippen molar-refractivity contribution in [3.05, 3.63) is 64.2 Å². The van der Waals surface area contributed by atoms with Crippen molar-refractivity contribution in [2.24, 2.45) is 5.73 Å². The summed E-state index contributed by atoms with van der Waals surface area (Å²) in [5.74, 6) is -1.28. The fourth-order valence-corrected chi connectivity index (χ4v) is 2.21. The number of ether oxygens (including phenoxy) is 1. The maximum atomic E-state index is 13.1. The molecular weight excluding hydrogens is 296 g/mol. The monoisotopic (exact) mass is 311 g/mol. The summed E-state index contributed by atoms with van der Waals surface area (Å²) in [5, 5.41) is 0.468. The standard InChI is InChI=1S/C16H16ClF2NO/c1-10(20)6-11-3-5-16(13(17)7-11)21-9-12-2-4-14(18)15(19)8-12/h2-5,7-8,10H,6,9,20H2,1H3. The molecule has 0 amide bonds. The van der Waals surface area contributed by atoms with Gasteiger partial charge < -0.3 is 10.5 Å². The molecule has 21 heavy (non-hydrogen) atoms. The lowest BCUT2D eigenvalue weighted by Gasteiger charge is -2.11.